The second kappa shape index (κ2) is 10.5. The van der Waals surface area contributed by atoms with Crippen molar-refractivity contribution in [3.63, 3.8) is 0 Å². The summed E-state index contributed by atoms with van der Waals surface area (Å²) in [5.41, 5.74) is 7.91. The van der Waals surface area contributed by atoms with E-state index in [9.17, 15) is 14.9 Å². The van der Waals surface area contributed by atoms with Crippen molar-refractivity contribution in [1.29, 1.82) is 0 Å². The number of nitrogens with two attached hydrogens (primary N) is 1. The first-order valence-corrected chi connectivity index (χ1v) is 11.8. The van der Waals surface area contributed by atoms with Gasteiger partial charge in [0, 0.05) is 60.8 Å². The molecular formula is C23H25Cl2N7O3. The van der Waals surface area contributed by atoms with E-state index in [4.69, 9.17) is 28.9 Å². The second-order valence-electron chi connectivity index (χ2n) is 8.34. The Balaban J connectivity index is 1.50. The highest BCUT2D eigenvalue weighted by molar-refractivity contribution is 6.36. The molecule has 1 amide bonds. The van der Waals surface area contributed by atoms with Gasteiger partial charge in [0.2, 0.25) is 11.7 Å². The summed E-state index contributed by atoms with van der Waals surface area (Å²) < 4.78 is 2.03. The van der Waals surface area contributed by atoms with Crippen LogP contribution in [-0.4, -0.2) is 58.5 Å². The van der Waals surface area contributed by atoms with Gasteiger partial charge in [0.15, 0.2) is 0 Å². The minimum atomic E-state index is -0.564. The van der Waals surface area contributed by atoms with Crippen LogP contribution in [0.3, 0.4) is 0 Å². The smallest absolute Gasteiger partial charge is 0.311 e. The average molecular weight is 518 g/mol. The maximum atomic E-state index is 12.8. The lowest BCUT2D eigenvalue weighted by Crippen LogP contribution is -2.49. The number of pyridine rings is 1. The third kappa shape index (κ3) is 5.67. The van der Waals surface area contributed by atoms with Gasteiger partial charge in [-0.15, -0.1) is 0 Å². The molecule has 1 fully saturated rings. The van der Waals surface area contributed by atoms with Gasteiger partial charge in [-0.3, -0.25) is 19.8 Å². The van der Waals surface area contributed by atoms with Crippen molar-refractivity contribution in [1.82, 2.24) is 14.5 Å². The molecule has 1 aromatic carbocycles. The van der Waals surface area contributed by atoms with E-state index in [0.29, 0.717) is 42.0 Å². The standard InChI is InChI=1S/C23H25Cl2N7O3/c1-29-9-10-31(22(33)14-29)20-13-30(12-17(20)16-4-3-15(24)11-18(16)25)8-2-7-27-21-6-5-19(32(34)35)23(26)28-21/h3-6,11-13H,2,7-10,14H2,1H3,(H3,26,27,28). The Bertz CT molecular complexity index is 1260. The number of rotatable bonds is 8. The molecule has 184 valence electrons. The Kier molecular flexibility index (Phi) is 7.44. The second-order valence-corrected chi connectivity index (χ2v) is 9.18. The molecule has 4 rings (SSSR count). The van der Waals surface area contributed by atoms with Crippen LogP contribution in [0.1, 0.15) is 6.42 Å². The number of hydrogen-bond donors (Lipinski definition) is 2. The first-order valence-electron chi connectivity index (χ1n) is 11.0. The van der Waals surface area contributed by atoms with E-state index < -0.39 is 4.92 Å². The fourth-order valence-corrected chi connectivity index (χ4v) is 4.51. The van der Waals surface area contributed by atoms with Crippen LogP contribution in [0.2, 0.25) is 10.0 Å². The number of carbonyl (C=O) groups excluding carboxylic acids is 1. The molecule has 1 saturated heterocycles. The summed E-state index contributed by atoms with van der Waals surface area (Å²) in [6.07, 6.45) is 4.68. The number of piperazine rings is 1. The van der Waals surface area contributed by atoms with Gasteiger partial charge >= 0.3 is 5.69 Å². The lowest BCUT2D eigenvalue weighted by atomic mass is 10.1. The van der Waals surface area contributed by atoms with Crippen LogP contribution in [0.4, 0.5) is 23.0 Å². The fraction of sp³-hybridized carbons (Fsp3) is 0.304. The molecular weight excluding hydrogens is 493 g/mol. The third-order valence-corrected chi connectivity index (χ3v) is 6.33. The number of carbonyl (C=O) groups is 1. The van der Waals surface area contributed by atoms with Crippen LogP contribution in [0, 0.1) is 10.1 Å². The Morgan fingerprint density at radius 3 is 2.66 bits per heavy atom. The largest absolute Gasteiger partial charge is 0.378 e. The molecule has 0 unspecified atom stereocenters. The Labute approximate surface area is 212 Å². The summed E-state index contributed by atoms with van der Waals surface area (Å²) in [4.78, 5) is 31.0. The van der Waals surface area contributed by atoms with Crippen molar-refractivity contribution in [2.24, 2.45) is 0 Å². The lowest BCUT2D eigenvalue weighted by Gasteiger charge is -2.32. The zero-order valence-corrected chi connectivity index (χ0v) is 20.6. The van der Waals surface area contributed by atoms with Gasteiger partial charge in [0.1, 0.15) is 5.82 Å². The number of benzene rings is 1. The Morgan fingerprint density at radius 1 is 1.17 bits per heavy atom. The molecule has 0 radical (unpaired) electrons. The SMILES string of the molecule is CN1CCN(c2cn(CCCNc3ccc([N+](=O)[O-])c(N)n3)cc2-c2ccc(Cl)cc2Cl)C(=O)C1. The first-order chi connectivity index (χ1) is 16.7. The highest BCUT2D eigenvalue weighted by Gasteiger charge is 2.27. The summed E-state index contributed by atoms with van der Waals surface area (Å²) in [7, 11) is 1.93. The summed E-state index contributed by atoms with van der Waals surface area (Å²) >= 11 is 12.6. The number of hydrogen-bond acceptors (Lipinski definition) is 7. The molecule has 0 spiro atoms. The number of likely N-dealkylation sites (N-methyl/N-ethyl adjacent to an activating group) is 1. The van der Waals surface area contributed by atoms with Gasteiger partial charge in [-0.25, -0.2) is 4.98 Å². The van der Waals surface area contributed by atoms with Crippen molar-refractivity contribution in [3.05, 3.63) is 62.9 Å². The van der Waals surface area contributed by atoms with Crippen LogP contribution in [-0.2, 0) is 11.3 Å². The highest BCUT2D eigenvalue weighted by atomic mass is 35.5. The lowest BCUT2D eigenvalue weighted by molar-refractivity contribution is -0.384. The minimum absolute atomic E-state index is 0.0336. The average Bonchev–Trinajstić information content (AvgIpc) is 3.20. The van der Waals surface area contributed by atoms with Gasteiger partial charge in [-0.05, 0) is 31.7 Å². The number of nitrogen functional groups attached to an aromatic ring is 1. The van der Waals surface area contributed by atoms with Crippen LogP contribution >= 0.6 is 23.2 Å². The van der Waals surface area contributed by atoms with E-state index in [0.717, 1.165) is 29.8 Å². The predicted octanol–water partition coefficient (Wildman–Crippen LogP) is 4.13. The number of nitro groups is 1. The van der Waals surface area contributed by atoms with Gasteiger partial charge in [0.25, 0.3) is 0 Å². The molecule has 12 heteroatoms. The molecule has 35 heavy (non-hydrogen) atoms. The summed E-state index contributed by atoms with van der Waals surface area (Å²) in [6, 6.07) is 8.20. The summed E-state index contributed by atoms with van der Waals surface area (Å²) in [5, 5.41) is 15.1. The van der Waals surface area contributed by atoms with Gasteiger partial charge in [-0.2, -0.15) is 0 Å². The number of amides is 1. The molecule has 3 heterocycles. The number of nitrogens with one attached hydrogen (secondary N) is 1. The quantitative estimate of drug-likeness (QED) is 0.261. The van der Waals surface area contributed by atoms with Gasteiger partial charge < -0.3 is 20.5 Å². The zero-order chi connectivity index (χ0) is 25.1. The first kappa shape index (κ1) is 24.8. The zero-order valence-electron chi connectivity index (χ0n) is 19.1. The van der Waals surface area contributed by atoms with Crippen molar-refractivity contribution in [2.75, 3.05) is 49.2 Å². The topological polar surface area (TPSA) is 123 Å². The molecule has 0 aliphatic carbocycles. The molecule has 3 N–H and O–H groups in total. The van der Waals surface area contributed by atoms with E-state index in [-0.39, 0.29) is 17.4 Å². The van der Waals surface area contributed by atoms with E-state index in [2.05, 4.69) is 10.3 Å². The Morgan fingerprint density at radius 2 is 1.97 bits per heavy atom. The monoisotopic (exact) mass is 517 g/mol. The number of aromatic nitrogens is 2. The van der Waals surface area contributed by atoms with Gasteiger partial charge in [-0.1, -0.05) is 29.3 Å². The highest BCUT2D eigenvalue weighted by Crippen LogP contribution is 2.38. The van der Waals surface area contributed by atoms with Crippen molar-refractivity contribution < 1.29 is 9.72 Å². The van der Waals surface area contributed by atoms with Gasteiger partial charge in [0.05, 0.1) is 22.2 Å². The molecule has 0 saturated carbocycles. The summed E-state index contributed by atoms with van der Waals surface area (Å²) in [6.45, 7) is 2.96. The molecule has 0 bridgehead atoms. The normalized spacial score (nSPS) is 14.4. The van der Waals surface area contributed by atoms with Crippen LogP contribution in [0.25, 0.3) is 11.1 Å². The van der Waals surface area contributed by atoms with Crippen molar-refractivity contribution in [3.8, 4) is 11.1 Å². The van der Waals surface area contributed by atoms with E-state index >= 15 is 0 Å². The number of nitrogens with zero attached hydrogens (tertiary/aromatic N) is 5. The Hall–Kier alpha value is -3.34. The van der Waals surface area contributed by atoms with Crippen LogP contribution < -0.4 is 16.0 Å². The van der Waals surface area contributed by atoms with Crippen molar-refractivity contribution in [2.45, 2.75) is 13.0 Å². The third-order valence-electron chi connectivity index (χ3n) is 5.78. The van der Waals surface area contributed by atoms with E-state index in [1.54, 1.807) is 17.0 Å². The van der Waals surface area contributed by atoms with E-state index in [1.807, 2.05) is 35.0 Å². The maximum Gasteiger partial charge on any atom is 0.311 e. The fourth-order valence-electron chi connectivity index (χ4n) is 4.00. The number of anilines is 3. The van der Waals surface area contributed by atoms with Crippen LogP contribution in [0.15, 0.2) is 42.7 Å². The van der Waals surface area contributed by atoms with E-state index in [1.165, 1.54) is 12.1 Å². The molecule has 0 atom stereocenters. The maximum absolute atomic E-state index is 12.8. The minimum Gasteiger partial charge on any atom is -0.378 e. The van der Waals surface area contributed by atoms with Crippen molar-refractivity contribution >= 4 is 52.1 Å². The van der Waals surface area contributed by atoms with Crippen LogP contribution in [0.5, 0.6) is 0 Å². The molecule has 10 nitrogen and oxygen atoms in total. The number of aryl methyl sites for hydroxylation is 1. The molecule has 1 aliphatic rings. The number of halogens is 2. The predicted molar refractivity (Wildman–Crippen MR) is 138 cm³/mol. The molecule has 3 aromatic rings. The molecule has 2 aromatic heterocycles. The summed E-state index contributed by atoms with van der Waals surface area (Å²) in [5.74, 6) is 0.376. The molecule has 1 aliphatic heterocycles.